The van der Waals surface area contributed by atoms with Crippen molar-refractivity contribution >= 4 is 11.8 Å². The van der Waals surface area contributed by atoms with Gasteiger partial charge >= 0.3 is 0 Å². The van der Waals surface area contributed by atoms with E-state index in [0.29, 0.717) is 6.04 Å². The molecule has 1 heterocycles. The molecule has 1 aromatic carbocycles. The summed E-state index contributed by atoms with van der Waals surface area (Å²) < 4.78 is 1.97. The average Bonchev–Trinajstić information content (AvgIpc) is 3.08. The zero-order chi connectivity index (χ0) is 11.7. The Hall–Kier alpha value is -1.36. The number of benzene rings is 1. The third-order valence-electron chi connectivity index (χ3n) is 2.84. The summed E-state index contributed by atoms with van der Waals surface area (Å²) in [5, 5.41) is 11.9. The fourth-order valence-corrected chi connectivity index (χ4v) is 2.51. The van der Waals surface area contributed by atoms with E-state index in [0.717, 1.165) is 11.6 Å². The number of aromatic nitrogens is 4. The average molecular weight is 246 g/mol. The van der Waals surface area contributed by atoms with Crippen molar-refractivity contribution in [2.75, 3.05) is 0 Å². The van der Waals surface area contributed by atoms with Crippen molar-refractivity contribution in [2.45, 2.75) is 36.5 Å². The predicted octanol–water partition coefficient (Wildman–Crippen LogP) is 2.61. The molecule has 0 atom stereocenters. The molecule has 1 aliphatic rings. The first-order valence-electron chi connectivity index (χ1n) is 5.79. The number of tetrazole rings is 1. The molecule has 88 valence electrons. The number of hydrogen-bond donors (Lipinski definition) is 0. The predicted molar refractivity (Wildman–Crippen MR) is 66.8 cm³/mol. The lowest BCUT2D eigenvalue weighted by Crippen LogP contribution is -2.02. The van der Waals surface area contributed by atoms with E-state index in [-0.39, 0.29) is 0 Å². The Balaban J connectivity index is 1.67. The van der Waals surface area contributed by atoms with Crippen LogP contribution in [0.1, 0.15) is 30.3 Å². The monoisotopic (exact) mass is 246 g/mol. The molecular weight excluding hydrogens is 232 g/mol. The summed E-state index contributed by atoms with van der Waals surface area (Å²) in [5.74, 6) is 1.82. The topological polar surface area (TPSA) is 43.6 Å². The van der Waals surface area contributed by atoms with Crippen molar-refractivity contribution < 1.29 is 0 Å². The van der Waals surface area contributed by atoms with Crippen LogP contribution in [0.15, 0.2) is 29.2 Å². The summed E-state index contributed by atoms with van der Waals surface area (Å²) in [6, 6.07) is 9.10. The third-order valence-corrected chi connectivity index (χ3v) is 3.85. The second-order valence-corrected chi connectivity index (χ2v) is 5.42. The van der Waals surface area contributed by atoms with Crippen molar-refractivity contribution in [1.82, 2.24) is 20.2 Å². The SMILES string of the molecule is Cc1ccc(SCc2nnnn2C2CC2)cc1. The standard InChI is InChI=1S/C12H14N4S/c1-9-2-6-11(7-3-9)17-8-12-13-14-15-16(12)10-4-5-10/h2-3,6-7,10H,4-5,8H2,1H3. The fraction of sp³-hybridized carbons (Fsp3) is 0.417. The van der Waals surface area contributed by atoms with E-state index in [2.05, 4.69) is 46.7 Å². The Morgan fingerprint density at radius 1 is 1.29 bits per heavy atom. The van der Waals surface area contributed by atoms with Gasteiger partial charge in [0.1, 0.15) is 0 Å². The second kappa shape index (κ2) is 4.49. The van der Waals surface area contributed by atoms with Gasteiger partial charge in [-0.25, -0.2) is 4.68 Å². The minimum absolute atomic E-state index is 0.554. The highest BCUT2D eigenvalue weighted by Gasteiger charge is 2.27. The van der Waals surface area contributed by atoms with E-state index >= 15 is 0 Å². The summed E-state index contributed by atoms with van der Waals surface area (Å²) in [6.45, 7) is 2.10. The molecule has 1 saturated carbocycles. The highest BCUT2D eigenvalue weighted by Crippen LogP contribution is 2.35. The van der Waals surface area contributed by atoms with Crippen molar-refractivity contribution in [3.05, 3.63) is 35.7 Å². The molecule has 3 rings (SSSR count). The summed E-state index contributed by atoms with van der Waals surface area (Å²) in [4.78, 5) is 1.26. The van der Waals surface area contributed by atoms with E-state index in [4.69, 9.17) is 0 Å². The summed E-state index contributed by atoms with van der Waals surface area (Å²) in [5.41, 5.74) is 1.29. The minimum Gasteiger partial charge on any atom is -0.226 e. The lowest BCUT2D eigenvalue weighted by Gasteiger charge is -2.03. The van der Waals surface area contributed by atoms with Crippen LogP contribution in [0.5, 0.6) is 0 Å². The zero-order valence-electron chi connectivity index (χ0n) is 9.71. The first kappa shape index (κ1) is 10.8. The van der Waals surface area contributed by atoms with Crippen LogP contribution in [0, 0.1) is 6.92 Å². The second-order valence-electron chi connectivity index (χ2n) is 4.37. The third kappa shape index (κ3) is 2.49. The van der Waals surface area contributed by atoms with Crippen LogP contribution in [0.2, 0.25) is 0 Å². The van der Waals surface area contributed by atoms with Gasteiger partial charge in [0.2, 0.25) is 0 Å². The molecule has 1 aromatic heterocycles. The van der Waals surface area contributed by atoms with Crippen LogP contribution in [0.3, 0.4) is 0 Å². The smallest absolute Gasteiger partial charge is 0.161 e. The normalized spacial score (nSPS) is 15.1. The molecule has 1 fully saturated rings. The Morgan fingerprint density at radius 3 is 2.76 bits per heavy atom. The van der Waals surface area contributed by atoms with Gasteiger partial charge in [-0.05, 0) is 42.3 Å². The van der Waals surface area contributed by atoms with Gasteiger partial charge in [0.05, 0.1) is 11.8 Å². The summed E-state index contributed by atoms with van der Waals surface area (Å²) >= 11 is 1.78. The van der Waals surface area contributed by atoms with Gasteiger partial charge in [-0.1, -0.05) is 17.7 Å². The van der Waals surface area contributed by atoms with E-state index < -0.39 is 0 Å². The van der Waals surface area contributed by atoms with Crippen LogP contribution >= 0.6 is 11.8 Å². The summed E-state index contributed by atoms with van der Waals surface area (Å²) in [7, 11) is 0. The highest BCUT2D eigenvalue weighted by atomic mass is 32.2. The maximum atomic E-state index is 4.09. The molecule has 0 amide bonds. The molecular formula is C12H14N4S. The van der Waals surface area contributed by atoms with Crippen LogP contribution in [-0.4, -0.2) is 20.2 Å². The van der Waals surface area contributed by atoms with Crippen molar-refractivity contribution in [3.8, 4) is 0 Å². The highest BCUT2D eigenvalue weighted by molar-refractivity contribution is 7.98. The van der Waals surface area contributed by atoms with E-state index in [1.165, 1.54) is 23.3 Å². The molecule has 0 radical (unpaired) electrons. The minimum atomic E-state index is 0.554. The molecule has 1 aliphatic carbocycles. The molecule has 0 N–H and O–H groups in total. The van der Waals surface area contributed by atoms with Gasteiger partial charge in [-0.15, -0.1) is 16.9 Å². The Morgan fingerprint density at radius 2 is 2.06 bits per heavy atom. The Labute approximate surface area is 104 Å². The van der Waals surface area contributed by atoms with Crippen molar-refractivity contribution in [2.24, 2.45) is 0 Å². The quantitative estimate of drug-likeness (QED) is 0.778. The Kier molecular flexibility index (Phi) is 2.84. The van der Waals surface area contributed by atoms with E-state index in [1.54, 1.807) is 11.8 Å². The molecule has 17 heavy (non-hydrogen) atoms. The number of hydrogen-bond acceptors (Lipinski definition) is 4. The number of rotatable bonds is 4. The van der Waals surface area contributed by atoms with Gasteiger partial charge in [0.25, 0.3) is 0 Å². The largest absolute Gasteiger partial charge is 0.226 e. The molecule has 0 spiro atoms. The van der Waals surface area contributed by atoms with Gasteiger partial charge in [-0.3, -0.25) is 0 Å². The first-order valence-corrected chi connectivity index (χ1v) is 6.78. The van der Waals surface area contributed by atoms with Gasteiger partial charge in [0.15, 0.2) is 5.82 Å². The molecule has 5 heteroatoms. The number of thioether (sulfide) groups is 1. The van der Waals surface area contributed by atoms with Crippen LogP contribution < -0.4 is 0 Å². The number of nitrogens with zero attached hydrogens (tertiary/aromatic N) is 4. The lowest BCUT2D eigenvalue weighted by atomic mass is 10.2. The van der Waals surface area contributed by atoms with Gasteiger partial charge in [0, 0.05) is 4.90 Å². The van der Waals surface area contributed by atoms with Gasteiger partial charge in [-0.2, -0.15) is 0 Å². The molecule has 4 nitrogen and oxygen atoms in total. The van der Waals surface area contributed by atoms with E-state index in [9.17, 15) is 0 Å². The van der Waals surface area contributed by atoms with Crippen LogP contribution in [0.4, 0.5) is 0 Å². The number of aryl methyl sites for hydroxylation is 1. The zero-order valence-corrected chi connectivity index (χ0v) is 10.5. The fourth-order valence-electron chi connectivity index (χ4n) is 1.69. The lowest BCUT2D eigenvalue weighted by molar-refractivity contribution is 0.593. The van der Waals surface area contributed by atoms with Crippen molar-refractivity contribution in [1.29, 1.82) is 0 Å². The maximum Gasteiger partial charge on any atom is 0.161 e. The maximum absolute atomic E-state index is 4.09. The van der Waals surface area contributed by atoms with Crippen LogP contribution in [0.25, 0.3) is 0 Å². The first-order chi connectivity index (χ1) is 8.33. The molecule has 0 bridgehead atoms. The molecule has 0 saturated heterocycles. The van der Waals surface area contributed by atoms with E-state index in [1.807, 2.05) is 4.68 Å². The molecule has 2 aromatic rings. The van der Waals surface area contributed by atoms with Crippen LogP contribution in [-0.2, 0) is 5.75 Å². The van der Waals surface area contributed by atoms with Gasteiger partial charge < -0.3 is 0 Å². The van der Waals surface area contributed by atoms with Crippen molar-refractivity contribution in [3.63, 3.8) is 0 Å². The molecule has 0 unspecified atom stereocenters. The Bertz CT molecular complexity index is 501. The summed E-state index contributed by atoms with van der Waals surface area (Å²) in [6.07, 6.45) is 2.43. The molecule has 0 aliphatic heterocycles.